The van der Waals surface area contributed by atoms with Crippen LogP contribution in [0.2, 0.25) is 0 Å². The molecule has 2 spiro atoms. The highest BCUT2D eigenvalue weighted by atomic mass is 16.3. The molecule has 4 fully saturated rings. The third kappa shape index (κ3) is 2.65. The first-order chi connectivity index (χ1) is 14.4. The summed E-state index contributed by atoms with van der Waals surface area (Å²) >= 11 is 0. The van der Waals surface area contributed by atoms with Crippen LogP contribution >= 0.6 is 0 Å². The van der Waals surface area contributed by atoms with E-state index in [4.69, 9.17) is 0 Å². The van der Waals surface area contributed by atoms with Gasteiger partial charge in [-0.3, -0.25) is 0 Å². The van der Waals surface area contributed by atoms with Gasteiger partial charge in [0.05, 0.1) is 6.10 Å². The van der Waals surface area contributed by atoms with Crippen LogP contribution in [-0.4, -0.2) is 11.2 Å². The van der Waals surface area contributed by atoms with Gasteiger partial charge in [0.1, 0.15) is 0 Å². The second kappa shape index (κ2) is 6.74. The molecule has 1 nitrogen and oxygen atoms in total. The van der Waals surface area contributed by atoms with Crippen molar-refractivity contribution in [2.75, 3.05) is 0 Å². The Morgan fingerprint density at radius 3 is 2.55 bits per heavy atom. The monoisotopic (exact) mass is 424 g/mol. The highest BCUT2D eigenvalue weighted by Crippen LogP contribution is 2.87. The van der Waals surface area contributed by atoms with Crippen LogP contribution in [0.25, 0.3) is 0 Å². The predicted octanol–water partition coefficient (Wildman–Crippen LogP) is 8.09. The van der Waals surface area contributed by atoms with Crippen LogP contribution in [0.15, 0.2) is 23.3 Å². The Kier molecular flexibility index (Phi) is 4.84. The first-order valence-electron chi connectivity index (χ1n) is 13.5. The van der Waals surface area contributed by atoms with Gasteiger partial charge in [-0.25, -0.2) is 0 Å². The zero-order valence-corrected chi connectivity index (χ0v) is 21.5. The number of allylic oxidation sites excluding steroid dienone is 4. The van der Waals surface area contributed by atoms with Gasteiger partial charge < -0.3 is 5.11 Å². The molecule has 0 unspecified atom stereocenters. The van der Waals surface area contributed by atoms with Crippen molar-refractivity contribution in [1.29, 1.82) is 0 Å². The molecule has 4 saturated carbocycles. The summed E-state index contributed by atoms with van der Waals surface area (Å²) in [5, 5.41) is 10.8. The Morgan fingerprint density at radius 1 is 1.10 bits per heavy atom. The van der Waals surface area contributed by atoms with Crippen molar-refractivity contribution in [3.8, 4) is 0 Å². The molecule has 174 valence electrons. The number of rotatable bonds is 4. The van der Waals surface area contributed by atoms with Crippen molar-refractivity contribution in [2.24, 2.45) is 44.8 Å². The van der Waals surface area contributed by atoms with Gasteiger partial charge in [-0.2, -0.15) is 0 Å². The lowest BCUT2D eigenvalue weighted by molar-refractivity contribution is -0.0905. The molecule has 31 heavy (non-hydrogen) atoms. The van der Waals surface area contributed by atoms with Crippen LogP contribution < -0.4 is 0 Å². The minimum absolute atomic E-state index is 0.0725. The molecular weight excluding hydrogens is 376 g/mol. The molecule has 5 aliphatic carbocycles. The van der Waals surface area contributed by atoms with Crippen LogP contribution in [0, 0.1) is 44.8 Å². The molecule has 0 aliphatic heterocycles. The van der Waals surface area contributed by atoms with E-state index in [9.17, 15) is 5.11 Å². The fourth-order valence-electron chi connectivity index (χ4n) is 10.3. The molecule has 0 radical (unpaired) electrons. The Labute approximate surface area is 192 Å². The molecule has 0 saturated heterocycles. The van der Waals surface area contributed by atoms with Crippen molar-refractivity contribution >= 4 is 0 Å². The van der Waals surface area contributed by atoms with Crippen LogP contribution in [0.4, 0.5) is 0 Å². The lowest BCUT2D eigenvalue weighted by Crippen LogP contribution is -2.53. The first kappa shape index (κ1) is 22.2. The minimum atomic E-state index is -0.113. The van der Waals surface area contributed by atoms with Crippen LogP contribution in [-0.2, 0) is 0 Å². The lowest BCUT2D eigenvalue weighted by atomic mass is 9.45. The smallest absolute Gasteiger partial charge is 0.0594 e. The Hall–Kier alpha value is -0.560. The van der Waals surface area contributed by atoms with Gasteiger partial charge in [0, 0.05) is 0 Å². The van der Waals surface area contributed by atoms with Gasteiger partial charge in [-0.1, -0.05) is 57.9 Å². The number of aliphatic hydroxyl groups excluding tert-OH is 1. The second-order valence-corrected chi connectivity index (χ2v) is 13.9. The SMILES string of the molecule is CC(C)=CCC[C@@H](C)[C@H]1CC[C@@]2(C)C3=CC[C@@H]4C(C)(C)[C@@H](O)CC[C@@]45C[C@@]35CC[C@]12C. The van der Waals surface area contributed by atoms with E-state index in [1.807, 2.05) is 5.57 Å². The van der Waals surface area contributed by atoms with Gasteiger partial charge in [-0.05, 0) is 123 Å². The van der Waals surface area contributed by atoms with Gasteiger partial charge in [0.2, 0.25) is 0 Å². The highest BCUT2D eigenvalue weighted by Gasteiger charge is 2.80. The van der Waals surface area contributed by atoms with E-state index >= 15 is 0 Å². The van der Waals surface area contributed by atoms with E-state index in [1.54, 1.807) is 0 Å². The topological polar surface area (TPSA) is 20.2 Å². The van der Waals surface area contributed by atoms with E-state index in [0.29, 0.717) is 27.6 Å². The normalized spacial score (nSPS) is 50.3. The third-order valence-corrected chi connectivity index (χ3v) is 12.4. The lowest BCUT2D eigenvalue weighted by Gasteiger charge is -2.60. The summed E-state index contributed by atoms with van der Waals surface area (Å²) in [5.41, 5.74) is 5.30. The van der Waals surface area contributed by atoms with E-state index < -0.39 is 0 Å². The van der Waals surface area contributed by atoms with Crippen LogP contribution in [0.5, 0.6) is 0 Å². The van der Waals surface area contributed by atoms with Crippen LogP contribution in [0.3, 0.4) is 0 Å². The van der Waals surface area contributed by atoms with Crippen molar-refractivity contribution in [3.63, 3.8) is 0 Å². The molecule has 0 aromatic carbocycles. The summed E-state index contributed by atoms with van der Waals surface area (Å²) in [7, 11) is 0. The zero-order valence-electron chi connectivity index (χ0n) is 21.5. The number of fused-ring (bicyclic) bond motifs is 2. The maximum absolute atomic E-state index is 10.8. The second-order valence-electron chi connectivity index (χ2n) is 13.9. The highest BCUT2D eigenvalue weighted by molar-refractivity contribution is 5.45. The average molecular weight is 425 g/mol. The molecule has 0 heterocycles. The molecule has 5 rings (SSSR count). The molecular formula is C30H48O. The number of aliphatic hydroxyl groups is 1. The molecule has 5 aliphatic rings. The van der Waals surface area contributed by atoms with E-state index in [1.165, 1.54) is 63.4 Å². The Bertz CT molecular complexity index is 814. The molecule has 1 N–H and O–H groups in total. The van der Waals surface area contributed by atoms with Crippen molar-refractivity contribution in [1.82, 2.24) is 0 Å². The van der Waals surface area contributed by atoms with Gasteiger partial charge in [0.15, 0.2) is 0 Å². The predicted molar refractivity (Wildman–Crippen MR) is 131 cm³/mol. The van der Waals surface area contributed by atoms with Gasteiger partial charge >= 0.3 is 0 Å². The van der Waals surface area contributed by atoms with Gasteiger partial charge in [0.25, 0.3) is 0 Å². The fraction of sp³-hybridized carbons (Fsp3) is 0.867. The molecule has 1 heteroatoms. The van der Waals surface area contributed by atoms with Crippen molar-refractivity contribution in [2.45, 2.75) is 119 Å². The van der Waals surface area contributed by atoms with Crippen molar-refractivity contribution in [3.05, 3.63) is 23.3 Å². The number of hydrogen-bond donors (Lipinski definition) is 1. The molecule has 0 aromatic heterocycles. The van der Waals surface area contributed by atoms with Gasteiger partial charge in [-0.15, -0.1) is 0 Å². The molecule has 0 bridgehead atoms. The fourth-order valence-corrected chi connectivity index (χ4v) is 10.3. The quantitative estimate of drug-likeness (QED) is 0.452. The maximum Gasteiger partial charge on any atom is 0.0594 e. The van der Waals surface area contributed by atoms with Crippen molar-refractivity contribution < 1.29 is 5.11 Å². The first-order valence-corrected chi connectivity index (χ1v) is 13.5. The Morgan fingerprint density at radius 2 is 1.84 bits per heavy atom. The summed E-state index contributed by atoms with van der Waals surface area (Å²) in [5.74, 6) is 2.38. The molecule has 0 aromatic rings. The molecule has 0 amide bonds. The third-order valence-electron chi connectivity index (χ3n) is 12.4. The summed E-state index contributed by atoms with van der Waals surface area (Å²) in [4.78, 5) is 0. The van der Waals surface area contributed by atoms with E-state index in [-0.39, 0.29) is 11.5 Å². The Balaban J connectivity index is 1.45. The summed E-state index contributed by atoms with van der Waals surface area (Å²) in [6, 6.07) is 0. The minimum Gasteiger partial charge on any atom is -0.393 e. The van der Waals surface area contributed by atoms with Crippen LogP contribution in [0.1, 0.15) is 113 Å². The summed E-state index contributed by atoms with van der Waals surface area (Å²) in [6.07, 6.45) is 18.3. The summed E-state index contributed by atoms with van der Waals surface area (Å²) in [6.45, 7) is 17.1. The molecule has 8 atom stereocenters. The van der Waals surface area contributed by atoms with E-state index in [2.05, 4.69) is 60.6 Å². The summed E-state index contributed by atoms with van der Waals surface area (Å²) < 4.78 is 0. The zero-order chi connectivity index (χ0) is 22.4. The standard InChI is InChI=1S/C30H48O/c1-20(2)9-8-10-21(3)22-13-15-28(7)24-12-11-23-26(4,5)25(31)14-16-29(23)19-30(24,29)18-17-27(22,28)6/h9,12,21-23,25,31H,8,10-11,13-19H2,1-7H3/t21-,22-,23-,25+,27-,28+,29-,30+/m1/s1. The average Bonchev–Trinajstić information content (AvgIpc) is 3.27. The number of hydrogen-bond acceptors (Lipinski definition) is 1. The van der Waals surface area contributed by atoms with E-state index in [0.717, 1.165) is 18.3 Å². The maximum atomic E-state index is 10.8. The largest absolute Gasteiger partial charge is 0.393 e.